The van der Waals surface area contributed by atoms with Gasteiger partial charge in [-0.25, -0.2) is 0 Å². The number of Topliss-reactive ketones (excluding diaryl/α,β-unsaturated/α-hetero) is 1. The zero-order chi connectivity index (χ0) is 10.5. The van der Waals surface area contributed by atoms with E-state index in [0.717, 1.165) is 12.2 Å². The van der Waals surface area contributed by atoms with Gasteiger partial charge in [0.2, 0.25) is 0 Å². The predicted octanol–water partition coefficient (Wildman–Crippen LogP) is 2.19. The summed E-state index contributed by atoms with van der Waals surface area (Å²) in [4.78, 5) is 11.8. The highest BCUT2D eigenvalue weighted by Crippen LogP contribution is 2.48. The van der Waals surface area contributed by atoms with Crippen molar-refractivity contribution in [2.24, 2.45) is 17.8 Å². The van der Waals surface area contributed by atoms with E-state index >= 15 is 0 Å². The molecule has 0 saturated carbocycles. The average Bonchev–Trinajstić information content (AvgIpc) is 2.81. The number of hydrogen-bond acceptors (Lipinski definition) is 2. The lowest BCUT2D eigenvalue weighted by Gasteiger charge is -2.34. The molecule has 1 fully saturated rings. The highest BCUT2D eigenvalue weighted by atomic mass is 16.6. The van der Waals surface area contributed by atoms with E-state index in [4.69, 9.17) is 4.74 Å². The second-order valence-corrected chi connectivity index (χ2v) is 4.99. The summed E-state index contributed by atoms with van der Waals surface area (Å²) in [7, 11) is 0. The fraction of sp³-hybridized carbons (Fsp3) is 0.750. The minimum absolute atomic E-state index is 0.0917. The van der Waals surface area contributed by atoms with Crippen molar-refractivity contribution in [1.29, 1.82) is 0 Å². The quantitative estimate of drug-likeness (QED) is 0.599. The summed E-state index contributed by atoms with van der Waals surface area (Å²) in [6, 6.07) is 0. The Balaban J connectivity index is 2.38. The first-order valence-electron chi connectivity index (χ1n) is 5.35. The second-order valence-electron chi connectivity index (χ2n) is 4.99. The van der Waals surface area contributed by atoms with Gasteiger partial charge in [-0.1, -0.05) is 20.8 Å². The number of ketones is 1. The molecule has 1 heterocycles. The summed E-state index contributed by atoms with van der Waals surface area (Å²) in [5, 5.41) is 0. The molecule has 0 bridgehead atoms. The molecule has 14 heavy (non-hydrogen) atoms. The molecular weight excluding hydrogens is 176 g/mol. The van der Waals surface area contributed by atoms with Crippen LogP contribution in [-0.4, -0.2) is 18.0 Å². The van der Waals surface area contributed by atoms with Crippen LogP contribution in [0.4, 0.5) is 0 Å². The Morgan fingerprint density at radius 2 is 2.14 bits per heavy atom. The summed E-state index contributed by atoms with van der Waals surface area (Å²) in [6.07, 6.45) is 2.04. The van der Waals surface area contributed by atoms with Crippen LogP contribution in [0.3, 0.4) is 0 Å². The number of allylic oxidation sites excluding steroid dienone is 1. The van der Waals surface area contributed by atoms with Crippen molar-refractivity contribution in [3.8, 4) is 0 Å². The minimum Gasteiger partial charge on any atom is -0.365 e. The Kier molecular flexibility index (Phi) is 2.07. The van der Waals surface area contributed by atoms with Gasteiger partial charge in [0.05, 0.1) is 6.61 Å². The zero-order valence-corrected chi connectivity index (χ0v) is 9.33. The molecule has 0 amide bonds. The van der Waals surface area contributed by atoms with Crippen molar-refractivity contribution < 1.29 is 9.53 Å². The smallest absolute Gasteiger partial charge is 0.161 e. The van der Waals surface area contributed by atoms with Gasteiger partial charge in [-0.15, -0.1) is 0 Å². The lowest BCUT2D eigenvalue weighted by molar-refractivity contribution is -0.122. The van der Waals surface area contributed by atoms with Crippen LogP contribution in [0.2, 0.25) is 0 Å². The third-order valence-electron chi connectivity index (χ3n) is 3.56. The van der Waals surface area contributed by atoms with Crippen LogP contribution in [0.15, 0.2) is 11.6 Å². The zero-order valence-electron chi connectivity index (χ0n) is 9.33. The Morgan fingerprint density at radius 1 is 1.57 bits per heavy atom. The van der Waals surface area contributed by atoms with Gasteiger partial charge in [-0.3, -0.25) is 4.79 Å². The van der Waals surface area contributed by atoms with E-state index in [0.29, 0.717) is 17.6 Å². The van der Waals surface area contributed by atoms with Crippen molar-refractivity contribution in [1.82, 2.24) is 0 Å². The van der Waals surface area contributed by atoms with Crippen LogP contribution in [0.25, 0.3) is 0 Å². The lowest BCUT2D eigenvalue weighted by atomic mass is 9.68. The standard InChI is InChI=1S/C12H18O2/c1-7(2)10-9(4)11(13)8(3)5-12(10)6-14-12/h5,7,9-10H,6H2,1-4H3. The van der Waals surface area contributed by atoms with Crippen molar-refractivity contribution in [2.75, 3.05) is 6.61 Å². The van der Waals surface area contributed by atoms with E-state index in [2.05, 4.69) is 13.8 Å². The second kappa shape index (κ2) is 2.93. The molecule has 1 aliphatic heterocycles. The summed E-state index contributed by atoms with van der Waals surface area (Å²) in [6.45, 7) is 9.08. The highest BCUT2D eigenvalue weighted by Gasteiger charge is 2.56. The number of ether oxygens (including phenoxy) is 1. The average molecular weight is 194 g/mol. The van der Waals surface area contributed by atoms with Crippen LogP contribution in [0.5, 0.6) is 0 Å². The minimum atomic E-state index is -0.0917. The molecule has 0 aromatic heterocycles. The Labute approximate surface area is 85.3 Å². The maximum atomic E-state index is 11.8. The molecular formula is C12H18O2. The maximum absolute atomic E-state index is 11.8. The topological polar surface area (TPSA) is 29.6 Å². The molecule has 0 N–H and O–H groups in total. The van der Waals surface area contributed by atoms with E-state index in [-0.39, 0.29) is 11.5 Å². The SMILES string of the molecule is CC1=CC2(CO2)C(C(C)C)C(C)C1=O. The molecule has 0 aromatic carbocycles. The monoisotopic (exact) mass is 194 g/mol. The Bertz CT molecular complexity index is 297. The maximum Gasteiger partial charge on any atom is 0.161 e. The summed E-state index contributed by atoms with van der Waals surface area (Å²) in [5.74, 6) is 1.27. The van der Waals surface area contributed by atoms with E-state index in [1.54, 1.807) is 0 Å². The Morgan fingerprint density at radius 3 is 2.57 bits per heavy atom. The van der Waals surface area contributed by atoms with Gasteiger partial charge in [-0.2, -0.15) is 0 Å². The molecule has 78 valence electrons. The predicted molar refractivity (Wildman–Crippen MR) is 54.9 cm³/mol. The van der Waals surface area contributed by atoms with Crippen LogP contribution in [-0.2, 0) is 9.53 Å². The summed E-state index contributed by atoms with van der Waals surface area (Å²) >= 11 is 0. The van der Waals surface area contributed by atoms with Gasteiger partial charge in [0.1, 0.15) is 5.60 Å². The van der Waals surface area contributed by atoms with Crippen LogP contribution in [0, 0.1) is 17.8 Å². The van der Waals surface area contributed by atoms with E-state index in [1.807, 2.05) is 19.9 Å². The van der Waals surface area contributed by atoms with Gasteiger partial charge < -0.3 is 4.74 Å². The third-order valence-corrected chi connectivity index (χ3v) is 3.56. The van der Waals surface area contributed by atoms with Crippen molar-refractivity contribution in [2.45, 2.75) is 33.3 Å². The Hall–Kier alpha value is -0.630. The van der Waals surface area contributed by atoms with Crippen LogP contribution < -0.4 is 0 Å². The van der Waals surface area contributed by atoms with Crippen molar-refractivity contribution in [3.05, 3.63) is 11.6 Å². The van der Waals surface area contributed by atoms with Gasteiger partial charge >= 0.3 is 0 Å². The number of carbonyl (C=O) groups excluding carboxylic acids is 1. The first-order valence-corrected chi connectivity index (χ1v) is 5.35. The fourth-order valence-electron chi connectivity index (χ4n) is 2.98. The summed E-state index contributed by atoms with van der Waals surface area (Å²) in [5.41, 5.74) is 0.790. The molecule has 3 unspecified atom stereocenters. The number of epoxide rings is 1. The number of rotatable bonds is 1. The molecule has 1 aliphatic carbocycles. The number of hydrogen-bond donors (Lipinski definition) is 0. The van der Waals surface area contributed by atoms with Gasteiger partial charge in [-0.05, 0) is 24.5 Å². The lowest BCUT2D eigenvalue weighted by Crippen LogP contribution is -2.40. The molecule has 2 aliphatic rings. The third kappa shape index (κ3) is 1.24. The molecule has 1 saturated heterocycles. The van der Waals surface area contributed by atoms with Gasteiger partial charge in [0.25, 0.3) is 0 Å². The molecule has 2 nitrogen and oxygen atoms in total. The fourth-order valence-corrected chi connectivity index (χ4v) is 2.98. The molecule has 2 heteroatoms. The molecule has 0 aromatic rings. The van der Waals surface area contributed by atoms with E-state index < -0.39 is 0 Å². The van der Waals surface area contributed by atoms with E-state index in [9.17, 15) is 4.79 Å². The van der Waals surface area contributed by atoms with Crippen LogP contribution in [0.1, 0.15) is 27.7 Å². The number of carbonyl (C=O) groups is 1. The first-order chi connectivity index (χ1) is 6.48. The van der Waals surface area contributed by atoms with Gasteiger partial charge in [0.15, 0.2) is 5.78 Å². The van der Waals surface area contributed by atoms with Crippen molar-refractivity contribution in [3.63, 3.8) is 0 Å². The van der Waals surface area contributed by atoms with Gasteiger partial charge in [0, 0.05) is 11.8 Å². The van der Waals surface area contributed by atoms with Crippen LogP contribution >= 0.6 is 0 Å². The molecule has 0 radical (unpaired) electrons. The highest BCUT2D eigenvalue weighted by molar-refractivity contribution is 5.98. The molecule has 3 atom stereocenters. The largest absolute Gasteiger partial charge is 0.365 e. The summed E-state index contributed by atoms with van der Waals surface area (Å²) < 4.78 is 5.57. The normalized spacial score (nSPS) is 41.8. The molecule has 1 spiro atoms. The van der Waals surface area contributed by atoms with Crippen molar-refractivity contribution >= 4 is 5.78 Å². The first kappa shape index (κ1) is 9.91. The van der Waals surface area contributed by atoms with E-state index in [1.165, 1.54) is 0 Å². The molecule has 2 rings (SSSR count).